The van der Waals surface area contributed by atoms with Crippen molar-refractivity contribution in [3.8, 4) is 11.3 Å². The van der Waals surface area contributed by atoms with E-state index in [9.17, 15) is 9.18 Å². The third kappa shape index (κ3) is 4.59. The van der Waals surface area contributed by atoms with E-state index in [1.807, 2.05) is 24.3 Å². The quantitative estimate of drug-likeness (QED) is 0.687. The Labute approximate surface area is 169 Å². The standard InChI is InChI=1S/C23H23FN4O/c24-20-8-4-3-7-19(20)23(29)25-18-11-9-17(10-12-18)21-13-14-22(27-26-21)28-15-5-1-2-6-16-28/h3-4,7-14H,1-2,5-6,15-16H2,(H,25,29). The lowest BCUT2D eigenvalue weighted by atomic mass is 10.1. The molecule has 148 valence electrons. The Kier molecular flexibility index (Phi) is 5.79. The second kappa shape index (κ2) is 8.82. The van der Waals surface area contributed by atoms with Crippen LogP contribution < -0.4 is 10.2 Å². The summed E-state index contributed by atoms with van der Waals surface area (Å²) in [5.74, 6) is -0.0942. The lowest BCUT2D eigenvalue weighted by Gasteiger charge is -2.20. The summed E-state index contributed by atoms with van der Waals surface area (Å²) < 4.78 is 13.7. The van der Waals surface area contributed by atoms with Crippen molar-refractivity contribution in [1.82, 2.24) is 10.2 Å². The molecule has 5 nitrogen and oxygen atoms in total. The average Bonchev–Trinajstić information content (AvgIpc) is 3.04. The maximum atomic E-state index is 13.7. The number of rotatable bonds is 4. The van der Waals surface area contributed by atoms with Crippen LogP contribution in [0.15, 0.2) is 60.7 Å². The Hall–Kier alpha value is -3.28. The summed E-state index contributed by atoms with van der Waals surface area (Å²) in [5.41, 5.74) is 2.29. The smallest absolute Gasteiger partial charge is 0.258 e. The predicted octanol–water partition coefficient (Wildman–Crippen LogP) is 4.92. The molecule has 6 heteroatoms. The number of anilines is 2. The zero-order valence-electron chi connectivity index (χ0n) is 16.1. The van der Waals surface area contributed by atoms with Crippen LogP contribution in [0.5, 0.6) is 0 Å². The van der Waals surface area contributed by atoms with Gasteiger partial charge in [0.2, 0.25) is 0 Å². The highest BCUT2D eigenvalue weighted by Crippen LogP contribution is 2.22. The minimum Gasteiger partial charge on any atom is -0.355 e. The largest absolute Gasteiger partial charge is 0.355 e. The van der Waals surface area contributed by atoms with Gasteiger partial charge in [-0.3, -0.25) is 4.79 Å². The van der Waals surface area contributed by atoms with E-state index in [0.29, 0.717) is 5.69 Å². The summed E-state index contributed by atoms with van der Waals surface area (Å²) in [6.45, 7) is 2.06. The molecule has 0 aliphatic carbocycles. The fourth-order valence-electron chi connectivity index (χ4n) is 3.52. The monoisotopic (exact) mass is 390 g/mol. The second-order valence-electron chi connectivity index (χ2n) is 7.19. The molecule has 0 unspecified atom stereocenters. The number of hydrogen-bond donors (Lipinski definition) is 1. The molecule has 1 aliphatic heterocycles. The number of carbonyl (C=O) groups excluding carboxylic acids is 1. The Morgan fingerprint density at radius 2 is 1.59 bits per heavy atom. The molecule has 0 spiro atoms. The van der Waals surface area contributed by atoms with E-state index in [2.05, 4.69) is 20.4 Å². The molecule has 1 aromatic heterocycles. The fraction of sp³-hybridized carbons (Fsp3) is 0.261. The van der Waals surface area contributed by atoms with Crippen molar-refractivity contribution in [3.05, 3.63) is 72.0 Å². The number of amides is 1. The molecule has 2 heterocycles. The van der Waals surface area contributed by atoms with Gasteiger partial charge in [-0.1, -0.05) is 37.1 Å². The van der Waals surface area contributed by atoms with Gasteiger partial charge < -0.3 is 10.2 Å². The van der Waals surface area contributed by atoms with E-state index >= 15 is 0 Å². The number of nitrogens with one attached hydrogen (secondary N) is 1. The van der Waals surface area contributed by atoms with Crippen LogP contribution in [0.3, 0.4) is 0 Å². The first kappa shape index (κ1) is 19.1. The van der Waals surface area contributed by atoms with Crippen LogP contribution >= 0.6 is 0 Å². The van der Waals surface area contributed by atoms with E-state index in [4.69, 9.17) is 0 Å². The van der Waals surface area contributed by atoms with Crippen molar-refractivity contribution in [2.75, 3.05) is 23.3 Å². The third-order valence-corrected chi connectivity index (χ3v) is 5.14. The fourth-order valence-corrected chi connectivity index (χ4v) is 3.52. The number of carbonyl (C=O) groups is 1. The van der Waals surface area contributed by atoms with Crippen LogP contribution in [0.1, 0.15) is 36.0 Å². The van der Waals surface area contributed by atoms with Crippen molar-refractivity contribution >= 4 is 17.4 Å². The highest BCUT2D eigenvalue weighted by Gasteiger charge is 2.13. The molecule has 2 aromatic carbocycles. The van der Waals surface area contributed by atoms with Gasteiger partial charge in [-0.25, -0.2) is 4.39 Å². The van der Waals surface area contributed by atoms with Gasteiger partial charge in [-0.15, -0.1) is 10.2 Å². The molecule has 0 saturated carbocycles. The van der Waals surface area contributed by atoms with Crippen LogP contribution in [-0.4, -0.2) is 29.2 Å². The molecule has 29 heavy (non-hydrogen) atoms. The number of halogens is 1. The maximum absolute atomic E-state index is 13.7. The summed E-state index contributed by atoms with van der Waals surface area (Å²) in [6, 6.07) is 17.2. The van der Waals surface area contributed by atoms with E-state index in [1.54, 1.807) is 24.3 Å². The van der Waals surface area contributed by atoms with E-state index in [1.165, 1.54) is 37.8 Å². The molecule has 1 fully saturated rings. The minimum absolute atomic E-state index is 0.0199. The van der Waals surface area contributed by atoms with E-state index in [0.717, 1.165) is 30.2 Å². The van der Waals surface area contributed by atoms with Crippen LogP contribution in [0.25, 0.3) is 11.3 Å². The van der Waals surface area contributed by atoms with Gasteiger partial charge in [-0.05, 0) is 49.2 Å². The summed E-state index contributed by atoms with van der Waals surface area (Å²) in [5, 5.41) is 11.5. The van der Waals surface area contributed by atoms with Crippen LogP contribution in [0.2, 0.25) is 0 Å². The molecule has 0 radical (unpaired) electrons. The Morgan fingerprint density at radius 3 is 2.24 bits per heavy atom. The van der Waals surface area contributed by atoms with E-state index in [-0.39, 0.29) is 5.56 Å². The lowest BCUT2D eigenvalue weighted by molar-refractivity contribution is 0.102. The predicted molar refractivity (Wildman–Crippen MR) is 113 cm³/mol. The summed E-state index contributed by atoms with van der Waals surface area (Å²) >= 11 is 0. The van der Waals surface area contributed by atoms with Crippen molar-refractivity contribution in [3.63, 3.8) is 0 Å². The highest BCUT2D eigenvalue weighted by atomic mass is 19.1. The Bertz CT molecular complexity index is 965. The molecule has 0 atom stereocenters. The molecule has 1 saturated heterocycles. The van der Waals surface area contributed by atoms with Gasteiger partial charge in [0.05, 0.1) is 11.3 Å². The van der Waals surface area contributed by atoms with Crippen LogP contribution in [0.4, 0.5) is 15.9 Å². The maximum Gasteiger partial charge on any atom is 0.258 e. The zero-order chi connectivity index (χ0) is 20.1. The van der Waals surface area contributed by atoms with Crippen molar-refractivity contribution < 1.29 is 9.18 Å². The summed E-state index contributed by atoms with van der Waals surface area (Å²) in [4.78, 5) is 14.5. The average molecular weight is 390 g/mol. The first-order valence-electron chi connectivity index (χ1n) is 9.96. The van der Waals surface area contributed by atoms with Crippen molar-refractivity contribution in [2.24, 2.45) is 0 Å². The number of hydrogen-bond acceptors (Lipinski definition) is 4. The van der Waals surface area contributed by atoms with Crippen LogP contribution in [-0.2, 0) is 0 Å². The van der Waals surface area contributed by atoms with Gasteiger partial charge in [0, 0.05) is 24.3 Å². The number of nitrogens with zero attached hydrogens (tertiary/aromatic N) is 3. The Morgan fingerprint density at radius 1 is 0.862 bits per heavy atom. The van der Waals surface area contributed by atoms with Gasteiger partial charge >= 0.3 is 0 Å². The molecular weight excluding hydrogens is 367 g/mol. The lowest BCUT2D eigenvalue weighted by Crippen LogP contribution is -2.25. The van der Waals surface area contributed by atoms with Crippen molar-refractivity contribution in [2.45, 2.75) is 25.7 Å². The third-order valence-electron chi connectivity index (χ3n) is 5.14. The molecule has 3 aromatic rings. The topological polar surface area (TPSA) is 58.1 Å². The van der Waals surface area contributed by atoms with Crippen molar-refractivity contribution in [1.29, 1.82) is 0 Å². The summed E-state index contributed by atoms with van der Waals surface area (Å²) in [7, 11) is 0. The SMILES string of the molecule is O=C(Nc1ccc(-c2ccc(N3CCCCCC3)nn2)cc1)c1ccccc1F. The molecule has 1 amide bonds. The number of benzene rings is 2. The highest BCUT2D eigenvalue weighted by molar-refractivity contribution is 6.04. The van der Waals surface area contributed by atoms with Gasteiger partial charge in [0.25, 0.3) is 5.91 Å². The number of aromatic nitrogens is 2. The molecule has 1 aliphatic rings. The molecule has 1 N–H and O–H groups in total. The summed E-state index contributed by atoms with van der Waals surface area (Å²) in [6.07, 6.45) is 4.95. The molecule has 0 bridgehead atoms. The zero-order valence-corrected chi connectivity index (χ0v) is 16.1. The van der Waals surface area contributed by atoms with Gasteiger partial charge in [-0.2, -0.15) is 0 Å². The van der Waals surface area contributed by atoms with E-state index < -0.39 is 11.7 Å². The first-order chi connectivity index (χ1) is 14.2. The minimum atomic E-state index is -0.540. The van der Waals surface area contributed by atoms with Crippen LogP contribution in [0, 0.1) is 5.82 Å². The molecule has 4 rings (SSSR count). The second-order valence-corrected chi connectivity index (χ2v) is 7.19. The normalized spacial score (nSPS) is 14.3. The van der Waals surface area contributed by atoms with Gasteiger partial charge in [0.15, 0.2) is 5.82 Å². The first-order valence-corrected chi connectivity index (χ1v) is 9.96. The Balaban J connectivity index is 1.43. The molecular formula is C23H23FN4O. The van der Waals surface area contributed by atoms with Gasteiger partial charge in [0.1, 0.15) is 5.82 Å².